The summed E-state index contributed by atoms with van der Waals surface area (Å²) >= 11 is 0. The van der Waals surface area contributed by atoms with E-state index in [1.54, 1.807) is 0 Å². The number of fused-ring (bicyclic) bond motifs is 1. The van der Waals surface area contributed by atoms with Crippen LogP contribution in [0.1, 0.15) is 31.4 Å². The minimum atomic E-state index is 0.553. The van der Waals surface area contributed by atoms with Gasteiger partial charge in [0.15, 0.2) is 0 Å². The number of rotatable bonds is 5. The Morgan fingerprint density at radius 3 is 3.00 bits per heavy atom. The van der Waals surface area contributed by atoms with E-state index in [1.165, 1.54) is 29.7 Å². The summed E-state index contributed by atoms with van der Waals surface area (Å²) in [6.07, 6.45) is 4.44. The number of nitrogens with zero attached hydrogens (tertiary/aromatic N) is 1. The van der Waals surface area contributed by atoms with E-state index in [1.807, 2.05) is 6.08 Å². The fraction of sp³-hybridized carbons (Fsp3) is 0.500. The van der Waals surface area contributed by atoms with Gasteiger partial charge in [-0.05, 0) is 43.9 Å². The summed E-state index contributed by atoms with van der Waals surface area (Å²) in [5, 5.41) is 3.46. The van der Waals surface area contributed by atoms with Crippen LogP contribution in [0.2, 0.25) is 0 Å². The monoisotopic (exact) mass is 244 g/mol. The molecule has 0 spiro atoms. The van der Waals surface area contributed by atoms with Crippen molar-refractivity contribution in [2.75, 3.05) is 18.4 Å². The fourth-order valence-electron chi connectivity index (χ4n) is 2.48. The molecule has 18 heavy (non-hydrogen) atoms. The van der Waals surface area contributed by atoms with Crippen LogP contribution in [0, 0.1) is 0 Å². The third-order valence-corrected chi connectivity index (χ3v) is 3.59. The zero-order chi connectivity index (χ0) is 13.0. The Kier molecular flexibility index (Phi) is 4.43. The van der Waals surface area contributed by atoms with Crippen molar-refractivity contribution < 1.29 is 0 Å². The van der Waals surface area contributed by atoms with E-state index in [9.17, 15) is 0 Å². The van der Waals surface area contributed by atoms with E-state index in [4.69, 9.17) is 0 Å². The molecule has 0 fully saturated rings. The molecule has 0 atom stereocenters. The van der Waals surface area contributed by atoms with Crippen molar-refractivity contribution in [3.8, 4) is 0 Å². The van der Waals surface area contributed by atoms with Crippen LogP contribution in [-0.4, -0.2) is 24.0 Å². The second-order valence-corrected chi connectivity index (χ2v) is 5.33. The van der Waals surface area contributed by atoms with Gasteiger partial charge in [0.1, 0.15) is 0 Å². The highest BCUT2D eigenvalue weighted by Crippen LogP contribution is 2.23. The Morgan fingerprint density at radius 1 is 1.44 bits per heavy atom. The van der Waals surface area contributed by atoms with Gasteiger partial charge < -0.3 is 5.32 Å². The van der Waals surface area contributed by atoms with Crippen LogP contribution < -0.4 is 5.32 Å². The molecule has 0 saturated heterocycles. The Labute approximate surface area is 111 Å². The molecule has 2 nitrogen and oxygen atoms in total. The van der Waals surface area contributed by atoms with Gasteiger partial charge >= 0.3 is 0 Å². The predicted molar refractivity (Wildman–Crippen MR) is 79.0 cm³/mol. The molecule has 0 aromatic heterocycles. The average Bonchev–Trinajstić information content (AvgIpc) is 2.38. The Bertz CT molecular complexity index is 410. The minimum absolute atomic E-state index is 0.553. The van der Waals surface area contributed by atoms with Gasteiger partial charge in [0.2, 0.25) is 0 Å². The van der Waals surface area contributed by atoms with Gasteiger partial charge in [-0.2, -0.15) is 0 Å². The van der Waals surface area contributed by atoms with Gasteiger partial charge in [-0.1, -0.05) is 18.2 Å². The predicted octanol–water partition coefficient (Wildman–Crippen LogP) is 3.44. The summed E-state index contributed by atoms with van der Waals surface area (Å²) in [7, 11) is 0. The number of nitrogens with one attached hydrogen (secondary N) is 1. The summed E-state index contributed by atoms with van der Waals surface area (Å²) in [6.45, 7) is 11.4. The van der Waals surface area contributed by atoms with Crippen molar-refractivity contribution in [3.63, 3.8) is 0 Å². The van der Waals surface area contributed by atoms with Crippen LogP contribution in [-0.2, 0) is 13.0 Å². The average molecular weight is 244 g/mol. The molecule has 0 radical (unpaired) electrons. The largest absolute Gasteiger partial charge is 0.385 e. The van der Waals surface area contributed by atoms with E-state index in [0.717, 1.165) is 19.6 Å². The second-order valence-electron chi connectivity index (χ2n) is 5.33. The zero-order valence-electron chi connectivity index (χ0n) is 11.6. The smallest absolute Gasteiger partial charge is 0.0372 e. The van der Waals surface area contributed by atoms with E-state index in [2.05, 4.69) is 48.8 Å². The number of hydrogen-bond donors (Lipinski definition) is 1. The van der Waals surface area contributed by atoms with Gasteiger partial charge in [-0.25, -0.2) is 0 Å². The topological polar surface area (TPSA) is 15.3 Å². The van der Waals surface area contributed by atoms with Crippen LogP contribution in [0.25, 0.3) is 0 Å². The molecule has 1 aliphatic rings. The van der Waals surface area contributed by atoms with E-state index in [-0.39, 0.29) is 0 Å². The molecular formula is C16H24N2. The summed E-state index contributed by atoms with van der Waals surface area (Å²) < 4.78 is 0. The van der Waals surface area contributed by atoms with Crippen LogP contribution in [0.15, 0.2) is 30.9 Å². The lowest BCUT2D eigenvalue weighted by atomic mass is 10.0. The third kappa shape index (κ3) is 3.14. The van der Waals surface area contributed by atoms with Gasteiger partial charge in [0, 0.05) is 31.4 Å². The molecular weight excluding hydrogens is 220 g/mol. The van der Waals surface area contributed by atoms with Crippen molar-refractivity contribution in [2.45, 2.75) is 39.3 Å². The normalized spacial score (nSPS) is 14.4. The number of benzene rings is 1. The van der Waals surface area contributed by atoms with E-state index >= 15 is 0 Å². The maximum atomic E-state index is 3.84. The first-order valence-electron chi connectivity index (χ1n) is 6.91. The molecule has 1 N–H and O–H groups in total. The fourth-order valence-corrected chi connectivity index (χ4v) is 2.48. The van der Waals surface area contributed by atoms with E-state index in [0.29, 0.717) is 6.04 Å². The lowest BCUT2D eigenvalue weighted by Crippen LogP contribution is -2.30. The van der Waals surface area contributed by atoms with Crippen LogP contribution >= 0.6 is 0 Å². The molecule has 2 rings (SSSR count). The molecule has 0 unspecified atom stereocenters. The molecule has 2 heteroatoms. The van der Waals surface area contributed by atoms with Gasteiger partial charge in [0.25, 0.3) is 0 Å². The molecule has 1 heterocycles. The van der Waals surface area contributed by atoms with Crippen molar-refractivity contribution in [1.82, 2.24) is 4.90 Å². The minimum Gasteiger partial charge on any atom is -0.385 e. The number of hydrogen-bond acceptors (Lipinski definition) is 2. The highest BCUT2D eigenvalue weighted by Gasteiger charge is 2.12. The Hall–Kier alpha value is -1.28. The zero-order valence-corrected chi connectivity index (χ0v) is 11.6. The molecule has 0 bridgehead atoms. The third-order valence-electron chi connectivity index (χ3n) is 3.59. The number of anilines is 1. The highest BCUT2D eigenvalue weighted by molar-refractivity contribution is 5.54. The SMILES string of the molecule is C=CCN(Cc1ccc2c(c1)CCCN2)C(C)C. The van der Waals surface area contributed by atoms with Crippen LogP contribution in [0.4, 0.5) is 5.69 Å². The lowest BCUT2D eigenvalue weighted by Gasteiger charge is -2.26. The second kappa shape index (κ2) is 6.05. The molecule has 0 aliphatic carbocycles. The molecule has 98 valence electrons. The molecule has 1 aliphatic heterocycles. The Morgan fingerprint density at radius 2 is 2.28 bits per heavy atom. The van der Waals surface area contributed by atoms with Crippen molar-refractivity contribution in [1.29, 1.82) is 0 Å². The molecule has 0 saturated carbocycles. The molecule has 0 amide bonds. The summed E-state index contributed by atoms with van der Waals surface area (Å²) in [4.78, 5) is 2.44. The Balaban J connectivity index is 2.10. The summed E-state index contributed by atoms with van der Waals surface area (Å²) in [5.41, 5.74) is 4.21. The molecule has 1 aromatic rings. The molecule has 1 aromatic carbocycles. The van der Waals surface area contributed by atoms with Crippen molar-refractivity contribution >= 4 is 5.69 Å². The highest BCUT2D eigenvalue weighted by atomic mass is 15.1. The first-order valence-corrected chi connectivity index (χ1v) is 6.91. The van der Waals surface area contributed by atoms with Crippen molar-refractivity contribution in [2.24, 2.45) is 0 Å². The van der Waals surface area contributed by atoms with Gasteiger partial charge in [0.05, 0.1) is 0 Å². The summed E-state index contributed by atoms with van der Waals surface area (Å²) in [5.74, 6) is 0. The van der Waals surface area contributed by atoms with Gasteiger partial charge in [-0.3, -0.25) is 4.90 Å². The standard InChI is InChI=1S/C16H24N2/c1-4-10-18(13(2)3)12-14-7-8-16-15(11-14)6-5-9-17-16/h4,7-8,11,13,17H,1,5-6,9-10,12H2,2-3H3. The van der Waals surface area contributed by atoms with Crippen molar-refractivity contribution in [3.05, 3.63) is 42.0 Å². The van der Waals surface area contributed by atoms with Crippen LogP contribution in [0.5, 0.6) is 0 Å². The summed E-state index contributed by atoms with van der Waals surface area (Å²) in [6, 6.07) is 7.39. The van der Waals surface area contributed by atoms with E-state index < -0.39 is 0 Å². The first kappa shape index (κ1) is 13.2. The quantitative estimate of drug-likeness (QED) is 0.798. The van der Waals surface area contributed by atoms with Gasteiger partial charge in [-0.15, -0.1) is 6.58 Å². The van der Waals surface area contributed by atoms with Crippen LogP contribution in [0.3, 0.4) is 0 Å². The maximum absolute atomic E-state index is 3.84. The first-order chi connectivity index (χ1) is 8.70. The number of aryl methyl sites for hydroxylation is 1. The lowest BCUT2D eigenvalue weighted by molar-refractivity contribution is 0.237. The maximum Gasteiger partial charge on any atom is 0.0372 e.